The smallest absolute Gasteiger partial charge is 0.191 e. The lowest BCUT2D eigenvalue weighted by atomic mass is 10.3. The lowest BCUT2D eigenvalue weighted by Gasteiger charge is -2.12. The molecule has 3 rings (SSSR count). The molecule has 0 saturated heterocycles. The van der Waals surface area contributed by atoms with Gasteiger partial charge in [-0.05, 0) is 38.5 Å². The number of imidazole rings is 1. The van der Waals surface area contributed by atoms with Crippen molar-refractivity contribution in [1.29, 1.82) is 0 Å². The van der Waals surface area contributed by atoms with Crippen molar-refractivity contribution in [2.75, 3.05) is 13.6 Å². The highest BCUT2D eigenvalue weighted by Crippen LogP contribution is 2.13. The fourth-order valence-electron chi connectivity index (χ4n) is 3.07. The lowest BCUT2D eigenvalue weighted by molar-refractivity contribution is 0.555. The van der Waals surface area contributed by atoms with Gasteiger partial charge in [0.05, 0.1) is 23.3 Å². The van der Waals surface area contributed by atoms with Gasteiger partial charge in [0.1, 0.15) is 5.82 Å². The normalized spacial score (nSPS) is 11.9. The molecule has 0 saturated carbocycles. The lowest BCUT2D eigenvalue weighted by Crippen LogP contribution is -2.38. The second kappa shape index (κ2) is 8.03. The maximum absolute atomic E-state index is 4.67. The third-order valence-electron chi connectivity index (χ3n) is 4.46. The van der Waals surface area contributed by atoms with Crippen LogP contribution in [-0.4, -0.2) is 38.9 Å². The van der Waals surface area contributed by atoms with Crippen molar-refractivity contribution < 1.29 is 0 Å². The number of para-hydroxylation sites is 2. The fraction of sp³-hybridized carbons (Fsp3) is 0.421. The number of hydrogen-bond acceptors (Lipinski definition) is 3. The first-order valence-electron chi connectivity index (χ1n) is 8.94. The first kappa shape index (κ1) is 18.0. The summed E-state index contributed by atoms with van der Waals surface area (Å²) < 4.78 is 4.16. The average Bonchev–Trinajstić information content (AvgIpc) is 3.13. The molecule has 0 aliphatic heterocycles. The number of guanidine groups is 1. The summed E-state index contributed by atoms with van der Waals surface area (Å²) in [6, 6.07) is 10.3. The Balaban J connectivity index is 1.48. The Morgan fingerprint density at radius 3 is 2.69 bits per heavy atom. The van der Waals surface area contributed by atoms with Crippen LogP contribution in [-0.2, 0) is 20.1 Å². The summed E-state index contributed by atoms with van der Waals surface area (Å²) in [5.74, 6) is 1.77. The molecule has 26 heavy (non-hydrogen) atoms. The third-order valence-corrected chi connectivity index (χ3v) is 4.46. The summed E-state index contributed by atoms with van der Waals surface area (Å²) in [4.78, 5) is 8.96. The molecule has 2 heterocycles. The summed E-state index contributed by atoms with van der Waals surface area (Å²) >= 11 is 0. The van der Waals surface area contributed by atoms with Gasteiger partial charge in [-0.15, -0.1) is 0 Å². The highest BCUT2D eigenvalue weighted by Gasteiger charge is 2.07. The highest BCUT2D eigenvalue weighted by atomic mass is 15.3. The Labute approximate surface area is 154 Å². The van der Waals surface area contributed by atoms with Gasteiger partial charge >= 0.3 is 0 Å². The van der Waals surface area contributed by atoms with Crippen molar-refractivity contribution in [3.8, 4) is 0 Å². The number of nitrogens with zero attached hydrogens (tertiary/aromatic N) is 5. The van der Waals surface area contributed by atoms with E-state index in [1.165, 1.54) is 5.69 Å². The predicted octanol–water partition coefficient (Wildman–Crippen LogP) is 2.14. The first-order chi connectivity index (χ1) is 12.6. The number of aromatic nitrogens is 4. The van der Waals surface area contributed by atoms with Crippen molar-refractivity contribution in [2.45, 2.75) is 33.4 Å². The molecule has 0 amide bonds. The molecule has 2 N–H and O–H groups in total. The Morgan fingerprint density at radius 1 is 1.19 bits per heavy atom. The van der Waals surface area contributed by atoms with Gasteiger partial charge in [0, 0.05) is 32.9 Å². The van der Waals surface area contributed by atoms with E-state index in [9.17, 15) is 0 Å². The molecule has 0 fully saturated rings. The number of fused-ring (bicyclic) bond motifs is 1. The number of rotatable bonds is 6. The number of nitrogens with one attached hydrogen (secondary N) is 2. The Morgan fingerprint density at radius 2 is 2.00 bits per heavy atom. The summed E-state index contributed by atoms with van der Waals surface area (Å²) in [7, 11) is 3.82. The maximum Gasteiger partial charge on any atom is 0.191 e. The fourth-order valence-corrected chi connectivity index (χ4v) is 3.07. The zero-order chi connectivity index (χ0) is 18.5. The zero-order valence-electron chi connectivity index (χ0n) is 16.0. The minimum Gasteiger partial charge on any atom is -0.356 e. The molecule has 0 bridgehead atoms. The van der Waals surface area contributed by atoms with Crippen LogP contribution in [0.1, 0.15) is 23.6 Å². The molecule has 1 aromatic carbocycles. The van der Waals surface area contributed by atoms with Crippen LogP contribution >= 0.6 is 0 Å². The van der Waals surface area contributed by atoms with E-state index < -0.39 is 0 Å². The standard InChI is InChI=1S/C19H27N7/c1-14-12-15(2)26(24-14)11-7-10-21-19(20-3)22-13-18-23-16-8-5-6-9-17(16)25(18)4/h5-6,8-9,12H,7,10-11,13H2,1-4H3,(H2,20,21,22). The number of benzene rings is 1. The van der Waals surface area contributed by atoms with Gasteiger partial charge in [0.15, 0.2) is 5.96 Å². The minimum absolute atomic E-state index is 0.627. The summed E-state index contributed by atoms with van der Waals surface area (Å²) in [6.07, 6.45) is 0.981. The van der Waals surface area contributed by atoms with Crippen molar-refractivity contribution >= 4 is 17.0 Å². The largest absolute Gasteiger partial charge is 0.356 e. The van der Waals surface area contributed by atoms with Crippen LogP contribution in [0.3, 0.4) is 0 Å². The van der Waals surface area contributed by atoms with Crippen LogP contribution < -0.4 is 10.6 Å². The second-order valence-corrected chi connectivity index (χ2v) is 6.43. The quantitative estimate of drug-likeness (QED) is 0.405. The molecule has 7 nitrogen and oxygen atoms in total. The number of aliphatic imine (C=N–C) groups is 1. The minimum atomic E-state index is 0.627. The Hall–Kier alpha value is -2.83. The molecule has 2 aromatic heterocycles. The van der Waals surface area contributed by atoms with Crippen LogP contribution in [0.25, 0.3) is 11.0 Å². The first-order valence-corrected chi connectivity index (χ1v) is 8.94. The topological polar surface area (TPSA) is 72.1 Å². The second-order valence-electron chi connectivity index (χ2n) is 6.43. The molecule has 138 valence electrons. The highest BCUT2D eigenvalue weighted by molar-refractivity contribution is 5.80. The molecule has 0 atom stereocenters. The molecule has 0 spiro atoms. The van der Waals surface area contributed by atoms with Crippen molar-refractivity contribution in [3.63, 3.8) is 0 Å². The Kier molecular flexibility index (Phi) is 5.55. The summed E-state index contributed by atoms with van der Waals surface area (Å²) in [6.45, 7) is 6.47. The number of hydrogen-bond donors (Lipinski definition) is 2. The molecule has 0 aliphatic rings. The molecule has 0 radical (unpaired) electrons. The maximum atomic E-state index is 4.67. The van der Waals surface area contributed by atoms with Crippen molar-refractivity contribution in [1.82, 2.24) is 30.0 Å². The van der Waals surface area contributed by atoms with Gasteiger partial charge in [-0.3, -0.25) is 9.67 Å². The predicted molar refractivity (Wildman–Crippen MR) is 105 cm³/mol. The van der Waals surface area contributed by atoms with Crippen LogP contribution in [0.5, 0.6) is 0 Å². The van der Waals surface area contributed by atoms with E-state index in [4.69, 9.17) is 0 Å². The van der Waals surface area contributed by atoms with Gasteiger partial charge in [0.25, 0.3) is 0 Å². The monoisotopic (exact) mass is 353 g/mol. The SMILES string of the molecule is CN=C(NCCCn1nc(C)cc1C)NCc1nc2ccccc2n1C. The van der Waals surface area contributed by atoms with Gasteiger partial charge in [-0.25, -0.2) is 4.98 Å². The van der Waals surface area contributed by atoms with Crippen molar-refractivity contribution in [3.05, 3.63) is 47.5 Å². The summed E-state index contributed by atoms with van der Waals surface area (Å²) in [5, 5.41) is 11.2. The molecule has 0 aliphatic carbocycles. The molecular formula is C19H27N7. The molecule has 3 aromatic rings. The average molecular weight is 353 g/mol. The molecule has 7 heteroatoms. The van der Waals surface area contributed by atoms with Crippen LogP contribution in [0.15, 0.2) is 35.3 Å². The Bertz CT molecular complexity index is 904. The van der Waals surface area contributed by atoms with E-state index in [-0.39, 0.29) is 0 Å². The van der Waals surface area contributed by atoms with E-state index in [1.807, 2.05) is 36.9 Å². The van der Waals surface area contributed by atoms with E-state index in [0.29, 0.717) is 6.54 Å². The molecule has 0 unspecified atom stereocenters. The van der Waals surface area contributed by atoms with E-state index in [0.717, 1.165) is 48.0 Å². The van der Waals surface area contributed by atoms with Gasteiger partial charge in [-0.2, -0.15) is 5.10 Å². The summed E-state index contributed by atoms with van der Waals surface area (Å²) in [5.41, 5.74) is 4.42. The van der Waals surface area contributed by atoms with E-state index >= 15 is 0 Å². The van der Waals surface area contributed by atoms with Gasteiger partial charge < -0.3 is 15.2 Å². The van der Waals surface area contributed by atoms with Crippen LogP contribution in [0.4, 0.5) is 0 Å². The van der Waals surface area contributed by atoms with E-state index in [1.54, 1.807) is 7.05 Å². The third kappa shape index (κ3) is 4.04. The van der Waals surface area contributed by atoms with Gasteiger partial charge in [0.2, 0.25) is 0 Å². The molecular weight excluding hydrogens is 326 g/mol. The van der Waals surface area contributed by atoms with Crippen molar-refractivity contribution in [2.24, 2.45) is 12.0 Å². The van der Waals surface area contributed by atoms with Gasteiger partial charge in [-0.1, -0.05) is 12.1 Å². The van der Waals surface area contributed by atoms with Crippen LogP contribution in [0, 0.1) is 13.8 Å². The zero-order valence-corrected chi connectivity index (χ0v) is 16.0. The number of aryl methyl sites for hydroxylation is 4. The van der Waals surface area contributed by atoms with E-state index in [2.05, 4.69) is 49.3 Å². The van der Waals surface area contributed by atoms with Crippen LogP contribution in [0.2, 0.25) is 0 Å².